The fourth-order valence-electron chi connectivity index (χ4n) is 4.08. The third kappa shape index (κ3) is 4.25. The van der Waals surface area contributed by atoms with Crippen LogP contribution in [0.3, 0.4) is 0 Å². The van der Waals surface area contributed by atoms with E-state index in [-0.39, 0.29) is 0 Å². The highest BCUT2D eigenvalue weighted by Crippen LogP contribution is 2.34. The van der Waals surface area contributed by atoms with Gasteiger partial charge in [-0.1, -0.05) is 44.7 Å². The van der Waals surface area contributed by atoms with Crippen molar-refractivity contribution in [3.8, 4) is 5.75 Å². The lowest BCUT2D eigenvalue weighted by atomic mass is 9.80. The lowest BCUT2D eigenvalue weighted by Crippen LogP contribution is -2.25. The molecule has 0 aromatic heterocycles. The van der Waals surface area contributed by atoms with Crippen LogP contribution in [-0.4, -0.2) is 17.8 Å². The summed E-state index contributed by atoms with van der Waals surface area (Å²) in [4.78, 5) is 0. The first-order valence-electron chi connectivity index (χ1n) is 9.11. The summed E-state index contributed by atoms with van der Waals surface area (Å²) in [5.74, 6) is 2.76. The fourth-order valence-corrected chi connectivity index (χ4v) is 4.08. The predicted molar refractivity (Wildman–Crippen MR) is 90.2 cm³/mol. The second-order valence-corrected chi connectivity index (χ2v) is 7.52. The molecule has 1 saturated carbocycles. The molecular weight excluding hydrogens is 272 g/mol. The topological polar surface area (TPSA) is 29.5 Å². The molecule has 1 N–H and O–H groups in total. The van der Waals surface area contributed by atoms with Gasteiger partial charge in [-0.25, -0.2) is 0 Å². The summed E-state index contributed by atoms with van der Waals surface area (Å²) < 4.78 is 6.12. The standard InChI is InChI=1S/C20H30O2/c1-15-2-4-16(5-3-15)6-12-20-13-9-18(14-22-20)17-7-10-19(21)11-8-17/h7-8,10-11,15-16,18,20-21H,2-6,9,12-14H2,1H3. The van der Waals surface area contributed by atoms with Gasteiger partial charge in [0.05, 0.1) is 12.7 Å². The van der Waals surface area contributed by atoms with Gasteiger partial charge < -0.3 is 9.84 Å². The molecule has 2 heteroatoms. The Hall–Kier alpha value is -1.02. The summed E-state index contributed by atoms with van der Waals surface area (Å²) in [6, 6.07) is 7.64. The molecular formula is C20H30O2. The highest BCUT2D eigenvalue weighted by Gasteiger charge is 2.25. The van der Waals surface area contributed by atoms with Crippen LogP contribution in [0.15, 0.2) is 24.3 Å². The van der Waals surface area contributed by atoms with Crippen molar-refractivity contribution in [3.05, 3.63) is 29.8 Å². The largest absolute Gasteiger partial charge is 0.508 e. The molecule has 22 heavy (non-hydrogen) atoms. The Bertz CT molecular complexity index is 437. The van der Waals surface area contributed by atoms with E-state index in [4.69, 9.17) is 4.74 Å². The molecule has 122 valence electrons. The molecule has 1 aromatic rings. The monoisotopic (exact) mass is 302 g/mol. The second-order valence-electron chi connectivity index (χ2n) is 7.52. The van der Waals surface area contributed by atoms with Gasteiger partial charge in [0, 0.05) is 5.92 Å². The second kappa shape index (κ2) is 7.50. The minimum absolute atomic E-state index is 0.347. The molecule has 1 aliphatic heterocycles. The van der Waals surface area contributed by atoms with Gasteiger partial charge in [0.25, 0.3) is 0 Å². The van der Waals surface area contributed by atoms with Crippen LogP contribution in [0.4, 0.5) is 0 Å². The third-order valence-corrected chi connectivity index (χ3v) is 5.77. The molecule has 2 unspecified atom stereocenters. The normalized spacial score (nSPS) is 32.8. The Balaban J connectivity index is 1.39. The van der Waals surface area contributed by atoms with Crippen LogP contribution in [0.1, 0.15) is 69.8 Å². The number of phenolic OH excluding ortho intramolecular Hbond substituents is 1. The highest BCUT2D eigenvalue weighted by atomic mass is 16.5. The van der Waals surface area contributed by atoms with Gasteiger partial charge in [-0.05, 0) is 55.2 Å². The first-order chi connectivity index (χ1) is 10.7. The zero-order valence-electron chi connectivity index (χ0n) is 13.8. The van der Waals surface area contributed by atoms with E-state index in [1.54, 1.807) is 12.1 Å². The molecule has 0 bridgehead atoms. The lowest BCUT2D eigenvalue weighted by Gasteiger charge is -2.31. The van der Waals surface area contributed by atoms with Gasteiger partial charge in [0.1, 0.15) is 5.75 Å². The molecule has 2 aliphatic rings. The molecule has 2 nitrogen and oxygen atoms in total. The summed E-state index contributed by atoms with van der Waals surface area (Å²) in [5.41, 5.74) is 1.30. The van der Waals surface area contributed by atoms with Gasteiger partial charge in [0.15, 0.2) is 0 Å². The third-order valence-electron chi connectivity index (χ3n) is 5.77. The van der Waals surface area contributed by atoms with E-state index in [1.165, 1.54) is 56.9 Å². The molecule has 1 saturated heterocycles. The van der Waals surface area contributed by atoms with Crippen molar-refractivity contribution in [2.75, 3.05) is 6.61 Å². The van der Waals surface area contributed by atoms with Crippen molar-refractivity contribution in [3.63, 3.8) is 0 Å². The van der Waals surface area contributed by atoms with Gasteiger partial charge >= 0.3 is 0 Å². The van der Waals surface area contributed by atoms with E-state index in [0.29, 0.717) is 17.8 Å². The van der Waals surface area contributed by atoms with Gasteiger partial charge in [-0.2, -0.15) is 0 Å². The van der Waals surface area contributed by atoms with Crippen molar-refractivity contribution in [1.82, 2.24) is 0 Å². The Morgan fingerprint density at radius 2 is 1.68 bits per heavy atom. The first-order valence-corrected chi connectivity index (χ1v) is 9.11. The quantitative estimate of drug-likeness (QED) is 0.822. The van der Waals surface area contributed by atoms with Gasteiger partial charge in [0.2, 0.25) is 0 Å². The first kappa shape index (κ1) is 15.9. The summed E-state index contributed by atoms with van der Waals surface area (Å²) in [5, 5.41) is 9.38. The van der Waals surface area contributed by atoms with Crippen LogP contribution < -0.4 is 0 Å². The van der Waals surface area contributed by atoms with Crippen molar-refractivity contribution in [2.45, 2.75) is 70.3 Å². The van der Waals surface area contributed by atoms with Crippen molar-refractivity contribution >= 4 is 0 Å². The zero-order chi connectivity index (χ0) is 15.4. The molecule has 1 aliphatic carbocycles. The fraction of sp³-hybridized carbons (Fsp3) is 0.700. The van der Waals surface area contributed by atoms with Crippen LogP contribution in [0.2, 0.25) is 0 Å². The highest BCUT2D eigenvalue weighted by molar-refractivity contribution is 5.28. The smallest absolute Gasteiger partial charge is 0.115 e. The maximum Gasteiger partial charge on any atom is 0.115 e. The SMILES string of the molecule is CC1CCC(CCC2CCC(c3ccc(O)cc3)CO2)CC1. The number of aromatic hydroxyl groups is 1. The number of hydrogen-bond donors (Lipinski definition) is 1. The molecule has 1 heterocycles. The van der Waals surface area contributed by atoms with Crippen molar-refractivity contribution < 1.29 is 9.84 Å². The minimum atomic E-state index is 0.347. The Labute approximate surface area is 134 Å². The Morgan fingerprint density at radius 3 is 2.32 bits per heavy atom. The number of hydrogen-bond acceptors (Lipinski definition) is 2. The number of phenols is 1. The lowest BCUT2D eigenvalue weighted by molar-refractivity contribution is -0.00519. The van der Waals surface area contributed by atoms with Crippen LogP contribution >= 0.6 is 0 Å². The van der Waals surface area contributed by atoms with Gasteiger partial charge in [-0.15, -0.1) is 0 Å². The molecule has 2 atom stereocenters. The van der Waals surface area contributed by atoms with E-state index in [0.717, 1.165) is 18.4 Å². The number of rotatable bonds is 4. The molecule has 3 rings (SSSR count). The minimum Gasteiger partial charge on any atom is -0.508 e. The van der Waals surface area contributed by atoms with E-state index >= 15 is 0 Å². The molecule has 1 aromatic carbocycles. The summed E-state index contributed by atoms with van der Waals surface area (Å²) >= 11 is 0. The van der Waals surface area contributed by atoms with E-state index < -0.39 is 0 Å². The number of ether oxygens (including phenoxy) is 1. The predicted octanol–water partition coefficient (Wildman–Crippen LogP) is 5.26. The summed E-state index contributed by atoms with van der Waals surface area (Å²) in [6.45, 7) is 3.24. The maximum absolute atomic E-state index is 9.38. The van der Waals surface area contributed by atoms with Gasteiger partial charge in [-0.3, -0.25) is 0 Å². The van der Waals surface area contributed by atoms with E-state index in [9.17, 15) is 5.11 Å². The molecule has 0 spiro atoms. The van der Waals surface area contributed by atoms with Crippen LogP contribution in [0.5, 0.6) is 5.75 Å². The summed E-state index contributed by atoms with van der Waals surface area (Å²) in [6.07, 6.45) is 11.2. The average Bonchev–Trinajstić information content (AvgIpc) is 2.56. The van der Waals surface area contributed by atoms with E-state index in [1.807, 2.05) is 12.1 Å². The maximum atomic E-state index is 9.38. The van der Waals surface area contributed by atoms with Crippen molar-refractivity contribution in [2.24, 2.45) is 11.8 Å². The Morgan fingerprint density at radius 1 is 0.955 bits per heavy atom. The van der Waals surface area contributed by atoms with Crippen molar-refractivity contribution in [1.29, 1.82) is 0 Å². The van der Waals surface area contributed by atoms with Crippen LogP contribution in [-0.2, 0) is 4.74 Å². The average molecular weight is 302 g/mol. The number of benzene rings is 1. The molecule has 0 amide bonds. The molecule has 2 fully saturated rings. The van der Waals surface area contributed by atoms with E-state index in [2.05, 4.69) is 6.92 Å². The van der Waals surface area contributed by atoms with Crippen LogP contribution in [0, 0.1) is 11.8 Å². The molecule has 0 radical (unpaired) electrons. The Kier molecular flexibility index (Phi) is 5.41. The van der Waals surface area contributed by atoms with Crippen LogP contribution in [0.25, 0.3) is 0 Å². The summed E-state index contributed by atoms with van der Waals surface area (Å²) in [7, 11) is 0. The zero-order valence-corrected chi connectivity index (χ0v) is 13.8.